The molecule has 0 fully saturated rings. The minimum atomic E-state index is 0.309. The summed E-state index contributed by atoms with van der Waals surface area (Å²) in [6.07, 6.45) is 3.29. The smallest absolute Gasteiger partial charge is 0.206 e. The molecule has 19 heavy (non-hydrogen) atoms. The minimum absolute atomic E-state index is 0.309. The average molecular weight is 314 g/mol. The van der Waals surface area contributed by atoms with Gasteiger partial charge >= 0.3 is 0 Å². The van der Waals surface area contributed by atoms with Crippen molar-refractivity contribution in [2.75, 3.05) is 5.73 Å². The van der Waals surface area contributed by atoms with Gasteiger partial charge in [0.2, 0.25) is 5.95 Å². The van der Waals surface area contributed by atoms with Gasteiger partial charge in [0.05, 0.1) is 32.5 Å². The van der Waals surface area contributed by atoms with Gasteiger partial charge in [0.25, 0.3) is 0 Å². The standard InChI is InChI=1S/C12H7Cl3N4/c13-6-3-8(15)11(4-7(6)14)19-10-1-2-17-5-9(10)18-12(19)16/h1-5H,(H2,16,18). The number of benzene rings is 1. The zero-order chi connectivity index (χ0) is 13.6. The van der Waals surface area contributed by atoms with Gasteiger partial charge in [0.15, 0.2) is 0 Å². The van der Waals surface area contributed by atoms with Crippen LogP contribution in [0.1, 0.15) is 0 Å². The molecular formula is C12H7Cl3N4. The van der Waals surface area contributed by atoms with Crippen LogP contribution in [-0.2, 0) is 0 Å². The molecule has 0 saturated carbocycles. The van der Waals surface area contributed by atoms with Crippen molar-refractivity contribution in [3.05, 3.63) is 45.7 Å². The van der Waals surface area contributed by atoms with E-state index in [9.17, 15) is 0 Å². The Labute approximate surface area is 123 Å². The maximum Gasteiger partial charge on any atom is 0.206 e. The minimum Gasteiger partial charge on any atom is -0.369 e. The topological polar surface area (TPSA) is 56.7 Å². The maximum absolute atomic E-state index is 6.20. The lowest BCUT2D eigenvalue weighted by Gasteiger charge is -2.10. The van der Waals surface area contributed by atoms with Crippen LogP contribution in [0.2, 0.25) is 15.1 Å². The predicted molar refractivity (Wildman–Crippen MR) is 78.3 cm³/mol. The highest BCUT2D eigenvalue weighted by molar-refractivity contribution is 6.43. The Bertz CT molecular complexity index is 782. The number of pyridine rings is 1. The molecule has 0 saturated heterocycles. The Balaban J connectivity index is 2.36. The molecule has 2 heterocycles. The Morgan fingerprint density at radius 1 is 1.05 bits per heavy atom. The zero-order valence-corrected chi connectivity index (χ0v) is 11.7. The number of hydrogen-bond donors (Lipinski definition) is 1. The molecule has 0 amide bonds. The number of nitrogens with zero attached hydrogens (tertiary/aromatic N) is 3. The molecule has 96 valence electrons. The van der Waals surface area contributed by atoms with Gasteiger partial charge in [-0.1, -0.05) is 34.8 Å². The molecule has 0 unspecified atom stereocenters. The van der Waals surface area contributed by atoms with E-state index in [1.54, 1.807) is 35.2 Å². The molecule has 0 radical (unpaired) electrons. The molecule has 4 nitrogen and oxygen atoms in total. The van der Waals surface area contributed by atoms with E-state index >= 15 is 0 Å². The van der Waals surface area contributed by atoms with Crippen molar-refractivity contribution in [2.24, 2.45) is 0 Å². The van der Waals surface area contributed by atoms with Gasteiger partial charge < -0.3 is 5.73 Å². The van der Waals surface area contributed by atoms with Crippen molar-refractivity contribution in [1.29, 1.82) is 0 Å². The first-order chi connectivity index (χ1) is 9.08. The Hall–Kier alpha value is -1.49. The summed E-state index contributed by atoms with van der Waals surface area (Å²) in [4.78, 5) is 8.23. The van der Waals surface area contributed by atoms with Crippen molar-refractivity contribution < 1.29 is 0 Å². The van der Waals surface area contributed by atoms with Crippen LogP contribution in [0.25, 0.3) is 16.7 Å². The number of nitrogens with two attached hydrogens (primary N) is 1. The zero-order valence-electron chi connectivity index (χ0n) is 9.44. The third-order valence-electron chi connectivity index (χ3n) is 2.71. The fraction of sp³-hybridized carbons (Fsp3) is 0. The third-order valence-corrected chi connectivity index (χ3v) is 3.74. The molecule has 3 aromatic rings. The van der Waals surface area contributed by atoms with E-state index in [4.69, 9.17) is 40.5 Å². The van der Waals surface area contributed by atoms with E-state index in [1.165, 1.54) is 0 Å². The number of halogens is 3. The van der Waals surface area contributed by atoms with Gasteiger partial charge in [-0.05, 0) is 18.2 Å². The highest BCUT2D eigenvalue weighted by Gasteiger charge is 2.14. The van der Waals surface area contributed by atoms with Crippen LogP contribution in [0.15, 0.2) is 30.6 Å². The van der Waals surface area contributed by atoms with Gasteiger partial charge in [-0.25, -0.2) is 4.98 Å². The van der Waals surface area contributed by atoms with Gasteiger partial charge in [0.1, 0.15) is 5.52 Å². The van der Waals surface area contributed by atoms with Gasteiger partial charge in [0, 0.05) is 6.20 Å². The Morgan fingerprint density at radius 3 is 2.58 bits per heavy atom. The first kappa shape index (κ1) is 12.5. The molecule has 0 aliphatic carbocycles. The molecule has 3 rings (SSSR count). The molecule has 2 N–H and O–H groups in total. The molecule has 0 aliphatic rings. The second-order valence-electron chi connectivity index (χ2n) is 3.89. The number of imidazole rings is 1. The third kappa shape index (κ3) is 2.02. The van der Waals surface area contributed by atoms with Crippen LogP contribution in [0.3, 0.4) is 0 Å². The first-order valence-electron chi connectivity index (χ1n) is 5.31. The summed E-state index contributed by atoms with van der Waals surface area (Å²) in [6, 6.07) is 5.04. The van der Waals surface area contributed by atoms with E-state index in [2.05, 4.69) is 9.97 Å². The number of hydrogen-bond acceptors (Lipinski definition) is 3. The molecule has 2 aromatic heterocycles. The number of aromatic nitrogens is 3. The lowest BCUT2D eigenvalue weighted by molar-refractivity contribution is 1.11. The lowest BCUT2D eigenvalue weighted by atomic mass is 10.3. The molecule has 0 bridgehead atoms. The summed E-state index contributed by atoms with van der Waals surface area (Å²) in [5.41, 5.74) is 8.04. The SMILES string of the molecule is Nc1nc2cnccc2n1-c1cc(Cl)c(Cl)cc1Cl. The quantitative estimate of drug-likeness (QED) is 0.692. The van der Waals surface area contributed by atoms with Gasteiger partial charge in [-0.2, -0.15) is 0 Å². The fourth-order valence-electron chi connectivity index (χ4n) is 1.89. The largest absolute Gasteiger partial charge is 0.369 e. The van der Waals surface area contributed by atoms with E-state index in [1.807, 2.05) is 0 Å². The lowest BCUT2D eigenvalue weighted by Crippen LogP contribution is -2.01. The highest BCUT2D eigenvalue weighted by Crippen LogP contribution is 2.34. The van der Waals surface area contributed by atoms with Gasteiger partial charge in [-0.3, -0.25) is 9.55 Å². The summed E-state index contributed by atoms with van der Waals surface area (Å²) in [5.74, 6) is 0.309. The van der Waals surface area contributed by atoms with E-state index in [0.717, 1.165) is 5.52 Å². The normalized spacial score (nSPS) is 11.1. The van der Waals surface area contributed by atoms with E-state index in [0.29, 0.717) is 32.2 Å². The molecule has 1 aromatic carbocycles. The number of anilines is 1. The monoisotopic (exact) mass is 312 g/mol. The van der Waals surface area contributed by atoms with Crippen LogP contribution in [-0.4, -0.2) is 14.5 Å². The summed E-state index contributed by atoms with van der Waals surface area (Å²) >= 11 is 18.2. The van der Waals surface area contributed by atoms with Gasteiger partial charge in [-0.15, -0.1) is 0 Å². The fourth-order valence-corrected chi connectivity index (χ4v) is 2.51. The molecular weight excluding hydrogens is 307 g/mol. The van der Waals surface area contributed by atoms with Crippen molar-refractivity contribution in [3.63, 3.8) is 0 Å². The molecule has 0 atom stereocenters. The van der Waals surface area contributed by atoms with Crippen molar-refractivity contribution in [3.8, 4) is 5.69 Å². The summed E-state index contributed by atoms with van der Waals surface area (Å²) < 4.78 is 1.71. The summed E-state index contributed by atoms with van der Waals surface area (Å²) in [5, 5.41) is 1.23. The average Bonchev–Trinajstić information content (AvgIpc) is 2.70. The summed E-state index contributed by atoms with van der Waals surface area (Å²) in [7, 11) is 0. The first-order valence-corrected chi connectivity index (χ1v) is 6.44. The van der Waals surface area contributed by atoms with Crippen LogP contribution < -0.4 is 5.73 Å². The van der Waals surface area contributed by atoms with Crippen LogP contribution >= 0.6 is 34.8 Å². The predicted octanol–water partition coefficient (Wildman–Crippen LogP) is 3.96. The second-order valence-corrected chi connectivity index (χ2v) is 5.11. The Morgan fingerprint density at radius 2 is 1.79 bits per heavy atom. The molecule has 0 spiro atoms. The summed E-state index contributed by atoms with van der Waals surface area (Å²) in [6.45, 7) is 0. The van der Waals surface area contributed by atoms with Crippen LogP contribution in [0.5, 0.6) is 0 Å². The maximum atomic E-state index is 6.20. The van der Waals surface area contributed by atoms with E-state index in [-0.39, 0.29) is 0 Å². The van der Waals surface area contributed by atoms with Crippen molar-refractivity contribution >= 4 is 51.8 Å². The van der Waals surface area contributed by atoms with Crippen molar-refractivity contribution in [1.82, 2.24) is 14.5 Å². The Kier molecular flexibility index (Phi) is 3.01. The number of rotatable bonds is 1. The number of fused-ring (bicyclic) bond motifs is 1. The highest BCUT2D eigenvalue weighted by atomic mass is 35.5. The molecule has 0 aliphatic heterocycles. The van der Waals surface area contributed by atoms with Crippen LogP contribution in [0.4, 0.5) is 5.95 Å². The molecule has 7 heteroatoms. The van der Waals surface area contributed by atoms with Crippen LogP contribution in [0, 0.1) is 0 Å². The van der Waals surface area contributed by atoms with Crippen molar-refractivity contribution in [2.45, 2.75) is 0 Å². The van der Waals surface area contributed by atoms with E-state index < -0.39 is 0 Å². The number of nitrogen functional groups attached to an aromatic ring is 1. The second kappa shape index (κ2) is 4.56.